The van der Waals surface area contributed by atoms with Crippen molar-refractivity contribution in [1.29, 1.82) is 0 Å². The van der Waals surface area contributed by atoms with Crippen molar-refractivity contribution in [3.05, 3.63) is 156 Å². The monoisotopic (exact) mass is 702 g/mol. The minimum atomic E-state index is -2.78. The van der Waals surface area contributed by atoms with E-state index in [0.29, 0.717) is 0 Å². The highest BCUT2D eigenvalue weighted by atomic mass is 28.4. The van der Waals surface area contributed by atoms with E-state index in [0.717, 1.165) is 72.9 Å². The Balaban J connectivity index is 1.18. The van der Waals surface area contributed by atoms with Gasteiger partial charge in [0, 0.05) is 17.2 Å². The number of oxazole rings is 1. The summed E-state index contributed by atoms with van der Waals surface area (Å²) in [6, 6.07) is 46.5. The Morgan fingerprint density at radius 1 is 0.673 bits per heavy atom. The van der Waals surface area contributed by atoms with Gasteiger partial charge in [0.05, 0.1) is 6.04 Å². The van der Waals surface area contributed by atoms with Crippen LogP contribution in [0.5, 0.6) is 5.75 Å². The van der Waals surface area contributed by atoms with Crippen LogP contribution in [0.25, 0.3) is 22.6 Å². The Labute approximate surface area is 310 Å². The van der Waals surface area contributed by atoms with E-state index in [-0.39, 0.29) is 17.1 Å². The van der Waals surface area contributed by atoms with Gasteiger partial charge in [-0.15, -0.1) is 0 Å². The molecule has 1 aliphatic heterocycles. The molecule has 0 N–H and O–H groups in total. The zero-order valence-electron chi connectivity index (χ0n) is 31.2. The van der Waals surface area contributed by atoms with Crippen molar-refractivity contribution in [3.8, 4) is 28.3 Å². The van der Waals surface area contributed by atoms with Crippen LogP contribution in [-0.4, -0.2) is 24.7 Å². The standard InChI is InChI=1S/C47H50N2O2Si/c1-33-24-28-35(29-25-33)44-45(36-30-26-34(2)27-31-36)50-46(48-44)42-22-14-32-49(42)41-21-12-20-40-39(41)19-13-23-43(40)51-52(47(3,4)5,37-15-8-6-9-16-37)38-17-10-7-11-18-38/h6-11,13,15-19,23-31,41-42H,12,14,20-22,32H2,1-5H3. The van der Waals surface area contributed by atoms with Crippen molar-refractivity contribution in [2.24, 2.45) is 0 Å². The molecule has 1 fully saturated rings. The topological polar surface area (TPSA) is 38.5 Å². The van der Waals surface area contributed by atoms with E-state index in [2.05, 4.69) is 167 Å². The first-order valence-electron chi connectivity index (χ1n) is 19.1. The van der Waals surface area contributed by atoms with Gasteiger partial charge < -0.3 is 8.84 Å². The largest absolute Gasteiger partial charge is 0.534 e. The lowest BCUT2D eigenvalue weighted by molar-refractivity contribution is 0.144. The van der Waals surface area contributed by atoms with Crippen LogP contribution in [0.2, 0.25) is 5.04 Å². The van der Waals surface area contributed by atoms with Crippen LogP contribution in [0.4, 0.5) is 0 Å². The van der Waals surface area contributed by atoms with E-state index >= 15 is 0 Å². The lowest BCUT2D eigenvalue weighted by Crippen LogP contribution is -2.69. The molecule has 1 saturated heterocycles. The number of benzene rings is 5. The number of likely N-dealkylation sites (tertiary alicyclic amines) is 1. The van der Waals surface area contributed by atoms with Gasteiger partial charge in [0.15, 0.2) is 5.76 Å². The van der Waals surface area contributed by atoms with Gasteiger partial charge in [0.25, 0.3) is 0 Å². The normalized spacial score (nSPS) is 17.9. The van der Waals surface area contributed by atoms with Gasteiger partial charge in [-0.05, 0) is 85.1 Å². The molecule has 8 rings (SSSR count). The first kappa shape index (κ1) is 34.4. The second-order valence-corrected chi connectivity index (χ2v) is 20.1. The summed E-state index contributed by atoms with van der Waals surface area (Å²) in [5.41, 5.74) is 8.32. The molecule has 1 aliphatic carbocycles. The Hall–Kier alpha value is -4.71. The maximum Gasteiger partial charge on any atom is 0.319 e. The van der Waals surface area contributed by atoms with E-state index in [1.165, 1.54) is 32.6 Å². The van der Waals surface area contributed by atoms with Crippen molar-refractivity contribution in [2.45, 2.75) is 83.8 Å². The fraction of sp³-hybridized carbons (Fsp3) is 0.298. The molecule has 1 aromatic heterocycles. The van der Waals surface area contributed by atoms with Crippen molar-refractivity contribution in [2.75, 3.05) is 6.54 Å². The van der Waals surface area contributed by atoms with Crippen LogP contribution < -0.4 is 14.8 Å². The molecular formula is C47H50N2O2Si. The zero-order valence-corrected chi connectivity index (χ0v) is 32.2. The molecule has 6 aromatic rings. The highest BCUT2D eigenvalue weighted by Crippen LogP contribution is 2.48. The molecule has 0 bridgehead atoms. The van der Waals surface area contributed by atoms with E-state index < -0.39 is 8.32 Å². The summed E-state index contributed by atoms with van der Waals surface area (Å²) >= 11 is 0. The second kappa shape index (κ2) is 14.0. The highest BCUT2D eigenvalue weighted by molar-refractivity contribution is 7.00. The first-order valence-corrected chi connectivity index (χ1v) is 21.0. The van der Waals surface area contributed by atoms with Gasteiger partial charge in [-0.25, -0.2) is 4.98 Å². The van der Waals surface area contributed by atoms with Crippen molar-refractivity contribution in [1.82, 2.24) is 9.88 Å². The minimum absolute atomic E-state index is 0.109. The number of aromatic nitrogens is 1. The Morgan fingerprint density at radius 3 is 1.88 bits per heavy atom. The average molecular weight is 703 g/mol. The number of hydrogen-bond acceptors (Lipinski definition) is 4. The third-order valence-corrected chi connectivity index (χ3v) is 16.3. The summed E-state index contributed by atoms with van der Waals surface area (Å²) in [4.78, 5) is 8.01. The Kier molecular flexibility index (Phi) is 9.27. The molecule has 2 heterocycles. The van der Waals surface area contributed by atoms with Gasteiger partial charge >= 0.3 is 8.32 Å². The van der Waals surface area contributed by atoms with Crippen molar-refractivity contribution < 1.29 is 8.84 Å². The molecule has 0 saturated carbocycles. The minimum Gasteiger partial charge on any atom is -0.534 e. The summed E-state index contributed by atoms with van der Waals surface area (Å²) in [7, 11) is -2.78. The molecule has 52 heavy (non-hydrogen) atoms. The van der Waals surface area contributed by atoms with Crippen LogP contribution in [0.1, 0.15) is 86.7 Å². The number of hydrogen-bond donors (Lipinski definition) is 0. The fourth-order valence-corrected chi connectivity index (χ4v) is 13.2. The van der Waals surface area contributed by atoms with Crippen molar-refractivity contribution >= 4 is 18.7 Å². The molecule has 5 heteroatoms. The number of rotatable bonds is 8. The molecule has 0 radical (unpaired) electrons. The molecule has 2 atom stereocenters. The molecule has 2 unspecified atom stereocenters. The molecule has 0 spiro atoms. The molecule has 264 valence electrons. The van der Waals surface area contributed by atoms with Crippen molar-refractivity contribution in [3.63, 3.8) is 0 Å². The third-order valence-electron chi connectivity index (χ3n) is 11.4. The smallest absolute Gasteiger partial charge is 0.319 e. The molecular weight excluding hydrogens is 653 g/mol. The summed E-state index contributed by atoms with van der Waals surface area (Å²) in [6.07, 6.45) is 5.41. The van der Waals surface area contributed by atoms with Gasteiger partial charge in [-0.3, -0.25) is 4.90 Å². The summed E-state index contributed by atoms with van der Waals surface area (Å²) in [5.74, 6) is 2.73. The lowest BCUT2D eigenvalue weighted by Gasteiger charge is -2.44. The van der Waals surface area contributed by atoms with Gasteiger partial charge in [0.2, 0.25) is 5.89 Å². The van der Waals surface area contributed by atoms with Crippen LogP contribution in [0, 0.1) is 13.8 Å². The summed E-state index contributed by atoms with van der Waals surface area (Å²) in [6.45, 7) is 12.4. The van der Waals surface area contributed by atoms with E-state index in [1.807, 2.05) is 0 Å². The summed E-state index contributed by atoms with van der Waals surface area (Å²) < 4.78 is 14.6. The quantitative estimate of drug-likeness (QED) is 0.148. The van der Waals surface area contributed by atoms with Crippen LogP contribution in [-0.2, 0) is 6.42 Å². The predicted molar refractivity (Wildman–Crippen MR) is 216 cm³/mol. The SMILES string of the molecule is Cc1ccc(-c2nc(C3CCCN3C3CCCc4c(O[Si](c5ccccc5)(c5ccccc5)C(C)(C)C)cccc43)oc2-c2ccc(C)cc2)cc1. The van der Waals surface area contributed by atoms with E-state index in [9.17, 15) is 0 Å². The Bertz CT molecular complexity index is 2030. The molecule has 2 aliphatic rings. The third kappa shape index (κ3) is 6.24. The molecule has 0 amide bonds. The van der Waals surface area contributed by atoms with Crippen LogP contribution in [0.3, 0.4) is 0 Å². The number of aryl methyl sites for hydroxylation is 2. The van der Waals surface area contributed by atoms with Crippen LogP contribution in [0.15, 0.2) is 132 Å². The Morgan fingerprint density at radius 2 is 1.27 bits per heavy atom. The summed E-state index contributed by atoms with van der Waals surface area (Å²) in [5, 5.41) is 2.49. The number of fused-ring (bicyclic) bond motifs is 1. The van der Waals surface area contributed by atoms with Gasteiger partial charge in [-0.2, -0.15) is 0 Å². The van der Waals surface area contributed by atoms with Gasteiger partial charge in [-0.1, -0.05) is 153 Å². The van der Waals surface area contributed by atoms with E-state index in [4.69, 9.17) is 13.8 Å². The fourth-order valence-electron chi connectivity index (χ4n) is 8.76. The zero-order chi connectivity index (χ0) is 35.9. The average Bonchev–Trinajstić information content (AvgIpc) is 3.83. The maximum absolute atomic E-state index is 7.68. The van der Waals surface area contributed by atoms with Crippen LogP contribution >= 0.6 is 0 Å². The first-order chi connectivity index (χ1) is 25.2. The predicted octanol–water partition coefficient (Wildman–Crippen LogP) is 10.8. The molecule has 5 aromatic carbocycles. The second-order valence-electron chi connectivity index (χ2n) is 15.9. The molecule has 4 nitrogen and oxygen atoms in total. The van der Waals surface area contributed by atoms with Gasteiger partial charge in [0.1, 0.15) is 11.4 Å². The van der Waals surface area contributed by atoms with E-state index in [1.54, 1.807) is 0 Å². The highest BCUT2D eigenvalue weighted by Gasteiger charge is 2.52. The lowest BCUT2D eigenvalue weighted by atomic mass is 9.86. The maximum atomic E-state index is 7.68. The number of nitrogens with zero attached hydrogens (tertiary/aromatic N) is 2.